The molecule has 1 rings (SSSR count). The van der Waals surface area contributed by atoms with Crippen LogP contribution in [-0.4, -0.2) is 34.3 Å². The van der Waals surface area contributed by atoms with Gasteiger partial charge in [0.1, 0.15) is 11.4 Å². The number of hydrogen-bond acceptors (Lipinski definition) is 4. The third kappa shape index (κ3) is 5.59. The lowest BCUT2D eigenvalue weighted by Gasteiger charge is -2.21. The van der Waals surface area contributed by atoms with Crippen LogP contribution in [0.4, 0.5) is 0 Å². The highest BCUT2D eigenvalue weighted by atomic mass is 32.2. The zero-order chi connectivity index (χ0) is 14.5. The first kappa shape index (κ1) is 15.9. The summed E-state index contributed by atoms with van der Waals surface area (Å²) in [6, 6.07) is 6.35. The number of hydrogen-bond donors (Lipinski definition) is 1. The molecule has 6 heteroatoms. The second-order valence-corrected chi connectivity index (χ2v) is 6.84. The molecular formula is C13H21NO4S. The van der Waals surface area contributed by atoms with Gasteiger partial charge in [-0.1, -0.05) is 0 Å². The molecule has 0 aliphatic rings. The molecular weight excluding hydrogens is 266 g/mol. The van der Waals surface area contributed by atoms with Crippen LogP contribution in [0.25, 0.3) is 0 Å². The maximum Gasteiger partial charge on any atom is 0.240 e. The quantitative estimate of drug-likeness (QED) is 0.810. The van der Waals surface area contributed by atoms with Gasteiger partial charge in [0, 0.05) is 13.7 Å². The fourth-order valence-corrected chi connectivity index (χ4v) is 2.41. The van der Waals surface area contributed by atoms with Crippen molar-refractivity contribution in [3.63, 3.8) is 0 Å². The Labute approximate surface area is 115 Å². The number of rotatable bonds is 6. The van der Waals surface area contributed by atoms with Crippen LogP contribution >= 0.6 is 0 Å². The molecule has 0 aliphatic heterocycles. The standard InChI is InChI=1S/C13H21NO4S/c1-13(2,3)18-11-5-7-12(8-6-11)19(15,16)14-9-10-17-4/h5-8,14H,9-10H2,1-4H3. The van der Waals surface area contributed by atoms with E-state index in [0.717, 1.165) is 0 Å². The van der Waals surface area contributed by atoms with Crippen LogP contribution in [0.1, 0.15) is 20.8 Å². The van der Waals surface area contributed by atoms with E-state index >= 15 is 0 Å². The summed E-state index contributed by atoms with van der Waals surface area (Å²) in [6.45, 7) is 6.39. The van der Waals surface area contributed by atoms with Crippen LogP contribution < -0.4 is 9.46 Å². The highest BCUT2D eigenvalue weighted by molar-refractivity contribution is 7.89. The minimum absolute atomic E-state index is 0.213. The van der Waals surface area contributed by atoms with Gasteiger partial charge < -0.3 is 9.47 Å². The molecule has 0 atom stereocenters. The molecule has 1 aromatic carbocycles. The maximum absolute atomic E-state index is 11.9. The van der Waals surface area contributed by atoms with Gasteiger partial charge in [-0.2, -0.15) is 0 Å². The van der Waals surface area contributed by atoms with E-state index in [2.05, 4.69) is 4.72 Å². The summed E-state index contributed by atoms with van der Waals surface area (Å²) in [6.07, 6.45) is 0. The zero-order valence-electron chi connectivity index (χ0n) is 11.8. The van der Waals surface area contributed by atoms with Crippen molar-refractivity contribution in [2.45, 2.75) is 31.3 Å². The number of benzene rings is 1. The van der Waals surface area contributed by atoms with Gasteiger partial charge in [0.05, 0.1) is 11.5 Å². The van der Waals surface area contributed by atoms with Crippen LogP contribution in [0.5, 0.6) is 5.75 Å². The SMILES string of the molecule is COCCNS(=O)(=O)c1ccc(OC(C)(C)C)cc1. The molecule has 0 fully saturated rings. The second-order valence-electron chi connectivity index (χ2n) is 5.08. The summed E-state index contributed by atoms with van der Waals surface area (Å²) in [4.78, 5) is 0.213. The van der Waals surface area contributed by atoms with E-state index in [1.54, 1.807) is 12.1 Å². The van der Waals surface area contributed by atoms with Crippen molar-refractivity contribution in [1.29, 1.82) is 0 Å². The lowest BCUT2D eigenvalue weighted by molar-refractivity contribution is 0.131. The Morgan fingerprint density at radius 2 is 1.74 bits per heavy atom. The lowest BCUT2D eigenvalue weighted by Crippen LogP contribution is -2.27. The van der Waals surface area contributed by atoms with Crippen molar-refractivity contribution in [2.75, 3.05) is 20.3 Å². The van der Waals surface area contributed by atoms with Gasteiger partial charge in [-0.3, -0.25) is 0 Å². The summed E-state index contributed by atoms with van der Waals surface area (Å²) < 4.78 is 36.7. The molecule has 0 bridgehead atoms. The zero-order valence-corrected chi connectivity index (χ0v) is 12.6. The summed E-state index contributed by atoms with van der Waals surface area (Å²) in [5, 5.41) is 0. The minimum atomic E-state index is -3.48. The van der Waals surface area contributed by atoms with E-state index in [1.807, 2.05) is 20.8 Å². The molecule has 108 valence electrons. The first-order chi connectivity index (χ1) is 8.74. The molecule has 5 nitrogen and oxygen atoms in total. The van der Waals surface area contributed by atoms with E-state index in [4.69, 9.17) is 9.47 Å². The first-order valence-electron chi connectivity index (χ1n) is 6.02. The van der Waals surface area contributed by atoms with Crippen LogP contribution in [-0.2, 0) is 14.8 Å². The normalized spacial score (nSPS) is 12.4. The van der Waals surface area contributed by atoms with Crippen LogP contribution in [0, 0.1) is 0 Å². The number of methoxy groups -OCH3 is 1. The minimum Gasteiger partial charge on any atom is -0.488 e. The Morgan fingerprint density at radius 3 is 2.21 bits per heavy atom. The molecule has 0 saturated heterocycles. The molecule has 19 heavy (non-hydrogen) atoms. The molecule has 0 amide bonds. The van der Waals surface area contributed by atoms with Gasteiger partial charge >= 0.3 is 0 Å². The topological polar surface area (TPSA) is 64.6 Å². The van der Waals surface area contributed by atoms with Crippen LogP contribution in [0.2, 0.25) is 0 Å². The highest BCUT2D eigenvalue weighted by Crippen LogP contribution is 2.20. The first-order valence-corrected chi connectivity index (χ1v) is 7.50. The van der Waals surface area contributed by atoms with Crippen molar-refractivity contribution in [2.24, 2.45) is 0 Å². The van der Waals surface area contributed by atoms with E-state index in [1.165, 1.54) is 19.2 Å². The highest BCUT2D eigenvalue weighted by Gasteiger charge is 2.15. The van der Waals surface area contributed by atoms with Crippen molar-refractivity contribution in [1.82, 2.24) is 4.72 Å². The molecule has 0 saturated carbocycles. The van der Waals surface area contributed by atoms with Crippen molar-refractivity contribution >= 4 is 10.0 Å². The van der Waals surface area contributed by atoms with E-state index in [0.29, 0.717) is 12.4 Å². The van der Waals surface area contributed by atoms with Gasteiger partial charge in [-0.25, -0.2) is 13.1 Å². The largest absolute Gasteiger partial charge is 0.488 e. The van der Waals surface area contributed by atoms with Gasteiger partial charge in [-0.15, -0.1) is 0 Å². The smallest absolute Gasteiger partial charge is 0.240 e. The molecule has 0 spiro atoms. The Kier molecular flexibility index (Phi) is 5.34. The molecule has 0 unspecified atom stereocenters. The van der Waals surface area contributed by atoms with Gasteiger partial charge in [-0.05, 0) is 45.0 Å². The Morgan fingerprint density at radius 1 is 1.16 bits per heavy atom. The Balaban J connectivity index is 2.75. The number of sulfonamides is 1. The van der Waals surface area contributed by atoms with Crippen LogP contribution in [0.15, 0.2) is 29.2 Å². The predicted molar refractivity (Wildman–Crippen MR) is 73.9 cm³/mol. The third-order valence-electron chi connectivity index (χ3n) is 2.16. The van der Waals surface area contributed by atoms with Gasteiger partial charge in [0.25, 0.3) is 0 Å². The molecule has 0 aliphatic carbocycles. The predicted octanol–water partition coefficient (Wildman–Crippen LogP) is 1.79. The summed E-state index contributed by atoms with van der Waals surface area (Å²) >= 11 is 0. The van der Waals surface area contributed by atoms with E-state index in [-0.39, 0.29) is 17.0 Å². The van der Waals surface area contributed by atoms with Crippen molar-refractivity contribution < 1.29 is 17.9 Å². The molecule has 0 heterocycles. The summed E-state index contributed by atoms with van der Waals surface area (Å²) in [5.74, 6) is 0.642. The maximum atomic E-state index is 11.9. The number of nitrogens with one attached hydrogen (secondary N) is 1. The summed E-state index contributed by atoms with van der Waals surface area (Å²) in [7, 11) is -1.96. The van der Waals surface area contributed by atoms with E-state index < -0.39 is 10.0 Å². The molecule has 0 radical (unpaired) electrons. The van der Waals surface area contributed by atoms with Crippen molar-refractivity contribution in [3.05, 3.63) is 24.3 Å². The molecule has 0 aromatic heterocycles. The fourth-order valence-electron chi connectivity index (χ4n) is 1.40. The van der Waals surface area contributed by atoms with Gasteiger partial charge in [0.2, 0.25) is 10.0 Å². The monoisotopic (exact) mass is 287 g/mol. The Hall–Kier alpha value is -1.11. The fraction of sp³-hybridized carbons (Fsp3) is 0.538. The number of ether oxygens (including phenoxy) is 2. The van der Waals surface area contributed by atoms with Crippen molar-refractivity contribution in [3.8, 4) is 5.75 Å². The molecule has 1 aromatic rings. The van der Waals surface area contributed by atoms with Crippen LogP contribution in [0.3, 0.4) is 0 Å². The van der Waals surface area contributed by atoms with Gasteiger partial charge in [0.15, 0.2) is 0 Å². The third-order valence-corrected chi connectivity index (χ3v) is 3.63. The Bertz CT molecular complexity index is 488. The average molecular weight is 287 g/mol. The molecule has 1 N–H and O–H groups in total. The average Bonchev–Trinajstić information content (AvgIpc) is 2.27. The summed E-state index contributed by atoms with van der Waals surface area (Å²) in [5.41, 5.74) is -0.308. The van der Waals surface area contributed by atoms with E-state index in [9.17, 15) is 8.42 Å². The second kappa shape index (κ2) is 6.36. The lowest BCUT2D eigenvalue weighted by atomic mass is 10.2.